The Labute approximate surface area is 116 Å². The average molecular weight is 263 g/mol. The first-order valence-electron chi connectivity index (χ1n) is 7.41. The fourth-order valence-electron chi connectivity index (χ4n) is 2.78. The second-order valence-electron chi connectivity index (χ2n) is 5.31. The van der Waals surface area contributed by atoms with Crippen molar-refractivity contribution in [3.05, 3.63) is 18.2 Å². The van der Waals surface area contributed by atoms with E-state index in [4.69, 9.17) is 15.2 Å². The van der Waals surface area contributed by atoms with Gasteiger partial charge in [0.05, 0.1) is 18.4 Å². The van der Waals surface area contributed by atoms with Crippen LogP contribution in [0, 0.1) is 5.92 Å². The monoisotopic (exact) mass is 263 g/mol. The summed E-state index contributed by atoms with van der Waals surface area (Å²) < 4.78 is 11.6. The fourth-order valence-corrected chi connectivity index (χ4v) is 2.78. The molecule has 0 radical (unpaired) electrons. The van der Waals surface area contributed by atoms with Crippen molar-refractivity contribution in [3.63, 3.8) is 0 Å². The van der Waals surface area contributed by atoms with Gasteiger partial charge >= 0.3 is 0 Å². The Hall–Kier alpha value is -1.38. The zero-order chi connectivity index (χ0) is 13.7. The number of hydrogen-bond acceptors (Lipinski definition) is 3. The van der Waals surface area contributed by atoms with Gasteiger partial charge < -0.3 is 15.2 Å². The second-order valence-corrected chi connectivity index (χ2v) is 5.31. The highest BCUT2D eigenvalue weighted by Gasteiger charge is 2.22. The van der Waals surface area contributed by atoms with Crippen molar-refractivity contribution in [1.82, 2.24) is 0 Å². The van der Waals surface area contributed by atoms with E-state index in [1.54, 1.807) is 0 Å². The number of benzene rings is 1. The maximum Gasteiger partial charge on any atom is 0.145 e. The van der Waals surface area contributed by atoms with E-state index in [1.165, 1.54) is 25.7 Å². The van der Waals surface area contributed by atoms with Crippen molar-refractivity contribution in [2.45, 2.75) is 52.1 Å². The molecule has 1 aliphatic carbocycles. The van der Waals surface area contributed by atoms with Crippen LogP contribution in [0.4, 0.5) is 5.69 Å². The fraction of sp³-hybridized carbons (Fsp3) is 0.625. The molecule has 0 aliphatic heterocycles. The van der Waals surface area contributed by atoms with Gasteiger partial charge in [-0.1, -0.05) is 19.8 Å². The standard InChI is InChI=1S/C16H25NO2/c1-3-12-6-5-7-13(10-12)19-14-8-9-15(17)16(11-14)18-4-2/h8-9,11-13H,3-7,10,17H2,1-2H3. The molecule has 1 aromatic rings. The molecule has 1 aliphatic rings. The molecule has 1 aromatic carbocycles. The first kappa shape index (κ1) is 14.0. The molecule has 106 valence electrons. The lowest BCUT2D eigenvalue weighted by atomic mass is 9.85. The summed E-state index contributed by atoms with van der Waals surface area (Å²) in [7, 11) is 0. The molecule has 0 saturated heterocycles. The molecule has 3 heteroatoms. The van der Waals surface area contributed by atoms with Gasteiger partial charge in [0.2, 0.25) is 0 Å². The number of anilines is 1. The molecule has 2 unspecified atom stereocenters. The molecule has 0 spiro atoms. The second kappa shape index (κ2) is 6.69. The van der Waals surface area contributed by atoms with Crippen molar-refractivity contribution >= 4 is 5.69 Å². The maximum absolute atomic E-state index is 6.09. The summed E-state index contributed by atoms with van der Waals surface area (Å²) in [6, 6.07) is 5.71. The van der Waals surface area contributed by atoms with E-state index in [1.807, 2.05) is 25.1 Å². The van der Waals surface area contributed by atoms with E-state index in [0.717, 1.165) is 23.8 Å². The Kier molecular flexibility index (Phi) is 4.94. The predicted molar refractivity (Wildman–Crippen MR) is 78.7 cm³/mol. The average Bonchev–Trinajstić information content (AvgIpc) is 2.43. The van der Waals surface area contributed by atoms with Gasteiger partial charge in [0, 0.05) is 6.07 Å². The Morgan fingerprint density at radius 2 is 2.11 bits per heavy atom. The third-order valence-electron chi connectivity index (χ3n) is 3.90. The van der Waals surface area contributed by atoms with Crippen LogP contribution >= 0.6 is 0 Å². The van der Waals surface area contributed by atoms with Crippen LogP contribution in [0.2, 0.25) is 0 Å². The lowest BCUT2D eigenvalue weighted by Gasteiger charge is -2.29. The number of ether oxygens (including phenoxy) is 2. The zero-order valence-electron chi connectivity index (χ0n) is 12.0. The van der Waals surface area contributed by atoms with E-state index in [0.29, 0.717) is 18.4 Å². The molecule has 2 N–H and O–H groups in total. The van der Waals surface area contributed by atoms with E-state index in [-0.39, 0.29) is 0 Å². The zero-order valence-corrected chi connectivity index (χ0v) is 12.0. The molecule has 0 bridgehead atoms. The summed E-state index contributed by atoms with van der Waals surface area (Å²) in [5.41, 5.74) is 6.54. The summed E-state index contributed by atoms with van der Waals surface area (Å²) in [6.07, 6.45) is 6.55. The molecule has 3 nitrogen and oxygen atoms in total. The highest BCUT2D eigenvalue weighted by molar-refractivity contribution is 5.55. The molecule has 0 amide bonds. The first-order valence-corrected chi connectivity index (χ1v) is 7.41. The molecular formula is C16H25NO2. The van der Waals surface area contributed by atoms with Gasteiger partial charge in [-0.25, -0.2) is 0 Å². The van der Waals surface area contributed by atoms with Gasteiger partial charge in [-0.3, -0.25) is 0 Å². The van der Waals surface area contributed by atoms with E-state index in [9.17, 15) is 0 Å². The number of nitrogen functional groups attached to an aromatic ring is 1. The van der Waals surface area contributed by atoms with Crippen LogP contribution in [-0.4, -0.2) is 12.7 Å². The summed E-state index contributed by atoms with van der Waals surface area (Å²) in [5, 5.41) is 0. The minimum atomic E-state index is 0.344. The summed E-state index contributed by atoms with van der Waals surface area (Å²) in [4.78, 5) is 0. The lowest BCUT2D eigenvalue weighted by Crippen LogP contribution is -2.25. The molecule has 19 heavy (non-hydrogen) atoms. The maximum atomic E-state index is 6.09. The SMILES string of the molecule is CCOc1cc(OC2CCCC(CC)C2)ccc1N. The van der Waals surface area contributed by atoms with Crippen molar-refractivity contribution < 1.29 is 9.47 Å². The van der Waals surface area contributed by atoms with Gasteiger partial charge in [-0.05, 0) is 44.2 Å². The van der Waals surface area contributed by atoms with Gasteiger partial charge in [0.15, 0.2) is 0 Å². The lowest BCUT2D eigenvalue weighted by molar-refractivity contribution is 0.121. The minimum absolute atomic E-state index is 0.344. The van der Waals surface area contributed by atoms with Crippen LogP contribution in [0.5, 0.6) is 11.5 Å². The van der Waals surface area contributed by atoms with Crippen LogP contribution in [-0.2, 0) is 0 Å². The summed E-state index contributed by atoms with van der Waals surface area (Å²) in [5.74, 6) is 2.42. The molecule has 1 fully saturated rings. The van der Waals surface area contributed by atoms with Crippen molar-refractivity contribution in [2.75, 3.05) is 12.3 Å². The van der Waals surface area contributed by atoms with Crippen molar-refractivity contribution in [2.24, 2.45) is 5.92 Å². The van der Waals surface area contributed by atoms with Crippen molar-refractivity contribution in [3.8, 4) is 11.5 Å². The molecule has 0 aromatic heterocycles. The highest BCUT2D eigenvalue weighted by Crippen LogP contribution is 2.32. The minimum Gasteiger partial charge on any atom is -0.492 e. The quantitative estimate of drug-likeness (QED) is 0.816. The van der Waals surface area contributed by atoms with Gasteiger partial charge in [-0.2, -0.15) is 0 Å². The molecule has 0 heterocycles. The summed E-state index contributed by atoms with van der Waals surface area (Å²) >= 11 is 0. The van der Waals surface area contributed by atoms with Crippen molar-refractivity contribution in [1.29, 1.82) is 0 Å². The van der Waals surface area contributed by atoms with Crippen LogP contribution in [0.15, 0.2) is 18.2 Å². The Bertz CT molecular complexity index is 406. The molecule has 1 saturated carbocycles. The van der Waals surface area contributed by atoms with Crippen LogP contribution in [0.3, 0.4) is 0 Å². The smallest absolute Gasteiger partial charge is 0.145 e. The van der Waals surface area contributed by atoms with E-state index in [2.05, 4.69) is 6.92 Å². The Morgan fingerprint density at radius 3 is 2.84 bits per heavy atom. The predicted octanol–water partition coefficient (Wildman–Crippen LogP) is 4.02. The third-order valence-corrected chi connectivity index (χ3v) is 3.90. The first-order chi connectivity index (χ1) is 9.22. The number of hydrogen-bond donors (Lipinski definition) is 1. The van der Waals surface area contributed by atoms with Gasteiger partial charge in [0.25, 0.3) is 0 Å². The topological polar surface area (TPSA) is 44.5 Å². The van der Waals surface area contributed by atoms with Crippen LogP contribution in [0.1, 0.15) is 46.0 Å². The highest BCUT2D eigenvalue weighted by atomic mass is 16.5. The molecule has 2 rings (SSSR count). The normalized spacial score (nSPS) is 23.1. The van der Waals surface area contributed by atoms with Crippen LogP contribution < -0.4 is 15.2 Å². The van der Waals surface area contributed by atoms with Crippen LogP contribution in [0.25, 0.3) is 0 Å². The molecule has 2 atom stereocenters. The molecular weight excluding hydrogens is 238 g/mol. The summed E-state index contributed by atoms with van der Waals surface area (Å²) in [6.45, 7) is 4.85. The third kappa shape index (κ3) is 3.79. The van der Waals surface area contributed by atoms with E-state index >= 15 is 0 Å². The Morgan fingerprint density at radius 1 is 1.26 bits per heavy atom. The Balaban J connectivity index is 2.00. The van der Waals surface area contributed by atoms with Gasteiger partial charge in [-0.15, -0.1) is 0 Å². The number of nitrogens with two attached hydrogens (primary N) is 1. The van der Waals surface area contributed by atoms with E-state index < -0.39 is 0 Å². The number of rotatable bonds is 5. The van der Waals surface area contributed by atoms with Gasteiger partial charge in [0.1, 0.15) is 11.5 Å². The largest absolute Gasteiger partial charge is 0.492 e.